The van der Waals surface area contributed by atoms with Crippen molar-refractivity contribution in [3.63, 3.8) is 0 Å². The Labute approximate surface area is 133 Å². The van der Waals surface area contributed by atoms with Crippen LogP contribution in [0.15, 0.2) is 24.3 Å². The highest BCUT2D eigenvalue weighted by Crippen LogP contribution is 2.21. The van der Waals surface area contributed by atoms with E-state index in [4.69, 9.17) is 5.73 Å². The second kappa shape index (κ2) is 8.07. The van der Waals surface area contributed by atoms with Crippen LogP contribution in [0.25, 0.3) is 0 Å². The largest absolute Gasteiger partial charge is 0.507 e. The molecule has 0 unspecified atom stereocenters. The summed E-state index contributed by atoms with van der Waals surface area (Å²) in [6.07, 6.45) is -0.618. The van der Waals surface area contributed by atoms with E-state index in [-0.39, 0.29) is 29.9 Å². The third-order valence-corrected chi connectivity index (χ3v) is 3.42. The summed E-state index contributed by atoms with van der Waals surface area (Å²) < 4.78 is 0. The second-order valence-corrected chi connectivity index (χ2v) is 5.35. The highest BCUT2D eigenvalue weighted by molar-refractivity contribution is 6.01. The van der Waals surface area contributed by atoms with Crippen molar-refractivity contribution in [3.8, 4) is 5.75 Å². The number of para-hydroxylation sites is 1. The van der Waals surface area contributed by atoms with Crippen molar-refractivity contribution < 1.29 is 24.3 Å². The summed E-state index contributed by atoms with van der Waals surface area (Å²) in [5.74, 6) is -3.27. The number of hydrogen-bond donors (Lipinski definition) is 3. The Kier molecular flexibility index (Phi) is 6.44. The lowest BCUT2D eigenvalue weighted by Crippen LogP contribution is -2.42. The zero-order valence-electron chi connectivity index (χ0n) is 13.0. The van der Waals surface area contributed by atoms with Crippen LogP contribution in [0.4, 0.5) is 0 Å². The molecular weight excluding hydrogens is 300 g/mol. The van der Waals surface area contributed by atoms with Gasteiger partial charge in [0.2, 0.25) is 11.8 Å². The summed E-state index contributed by atoms with van der Waals surface area (Å²) in [6, 6.07) is 5.20. The van der Waals surface area contributed by atoms with Crippen molar-refractivity contribution in [1.29, 1.82) is 0 Å². The van der Waals surface area contributed by atoms with Gasteiger partial charge in [0.25, 0.3) is 0 Å². The highest BCUT2D eigenvalue weighted by Gasteiger charge is 2.27. The number of amides is 2. The summed E-state index contributed by atoms with van der Waals surface area (Å²) in [5.41, 5.74) is 5.18. The molecule has 0 radical (unpaired) electrons. The fraction of sp³-hybridized carbons (Fsp3) is 0.375. The van der Waals surface area contributed by atoms with Gasteiger partial charge in [-0.1, -0.05) is 12.1 Å². The second-order valence-electron chi connectivity index (χ2n) is 5.35. The standard InChI is InChI=1S/C16H20N2O5/c1-9(10(2)19)18-16(23)11(8-15(17)22)7-14(21)12-5-3-4-6-13(12)20/h3-6,9,11,20H,7-8H2,1-2H3,(H2,17,22)(H,18,23)/t9-,11+/m0/s1. The third kappa shape index (κ3) is 5.54. The van der Waals surface area contributed by atoms with Crippen molar-refractivity contribution in [2.75, 3.05) is 0 Å². The molecule has 2 amide bonds. The number of rotatable bonds is 8. The molecule has 0 saturated carbocycles. The molecule has 0 aliphatic carbocycles. The van der Waals surface area contributed by atoms with E-state index in [1.165, 1.54) is 26.0 Å². The molecule has 1 aromatic rings. The number of ketones is 2. The van der Waals surface area contributed by atoms with Crippen LogP contribution in [0.1, 0.15) is 37.0 Å². The zero-order chi connectivity index (χ0) is 17.6. The van der Waals surface area contributed by atoms with Gasteiger partial charge in [-0.15, -0.1) is 0 Å². The molecule has 124 valence electrons. The van der Waals surface area contributed by atoms with Crippen molar-refractivity contribution in [3.05, 3.63) is 29.8 Å². The lowest BCUT2D eigenvalue weighted by atomic mass is 9.93. The van der Waals surface area contributed by atoms with Crippen LogP contribution in [-0.2, 0) is 14.4 Å². The molecule has 1 rings (SSSR count). The summed E-state index contributed by atoms with van der Waals surface area (Å²) in [6.45, 7) is 2.83. The zero-order valence-corrected chi connectivity index (χ0v) is 13.0. The Hall–Kier alpha value is -2.70. The Balaban J connectivity index is 2.88. The molecule has 1 aromatic carbocycles. The Morgan fingerprint density at radius 3 is 2.30 bits per heavy atom. The van der Waals surface area contributed by atoms with Gasteiger partial charge < -0.3 is 16.2 Å². The monoisotopic (exact) mass is 320 g/mol. The normalized spacial score (nSPS) is 13.0. The number of nitrogens with two attached hydrogens (primary N) is 1. The number of phenolic OH excluding ortho intramolecular Hbond substituents is 1. The fourth-order valence-corrected chi connectivity index (χ4v) is 1.98. The predicted molar refractivity (Wildman–Crippen MR) is 82.6 cm³/mol. The van der Waals surface area contributed by atoms with E-state index in [0.717, 1.165) is 0 Å². The van der Waals surface area contributed by atoms with Gasteiger partial charge in [-0.3, -0.25) is 19.2 Å². The number of nitrogens with one attached hydrogen (secondary N) is 1. The first-order valence-electron chi connectivity index (χ1n) is 7.12. The van der Waals surface area contributed by atoms with Gasteiger partial charge in [-0.25, -0.2) is 0 Å². The van der Waals surface area contributed by atoms with E-state index in [1.54, 1.807) is 12.1 Å². The smallest absolute Gasteiger partial charge is 0.224 e. The van der Waals surface area contributed by atoms with Crippen LogP contribution in [0.2, 0.25) is 0 Å². The van der Waals surface area contributed by atoms with Crippen LogP contribution in [0, 0.1) is 5.92 Å². The maximum atomic E-state index is 12.2. The SMILES string of the molecule is CC(=O)[C@H](C)NC(=O)[C@@H](CC(N)=O)CC(=O)c1ccccc1O. The van der Waals surface area contributed by atoms with Crippen LogP contribution in [0.5, 0.6) is 5.75 Å². The first kappa shape index (κ1) is 18.3. The van der Waals surface area contributed by atoms with E-state index < -0.39 is 29.6 Å². The van der Waals surface area contributed by atoms with Crippen LogP contribution in [-0.4, -0.2) is 34.5 Å². The summed E-state index contributed by atoms with van der Waals surface area (Å²) in [4.78, 5) is 46.7. The first-order chi connectivity index (χ1) is 10.7. The molecule has 0 heterocycles. The Morgan fingerprint density at radius 2 is 1.78 bits per heavy atom. The topological polar surface area (TPSA) is 127 Å². The number of primary amides is 1. The van der Waals surface area contributed by atoms with Crippen LogP contribution < -0.4 is 11.1 Å². The Morgan fingerprint density at radius 1 is 1.17 bits per heavy atom. The van der Waals surface area contributed by atoms with Gasteiger partial charge in [-0.2, -0.15) is 0 Å². The number of phenols is 1. The Bertz CT molecular complexity index is 627. The molecule has 0 saturated heterocycles. The van der Waals surface area contributed by atoms with E-state index in [2.05, 4.69) is 5.32 Å². The average Bonchev–Trinajstić information content (AvgIpc) is 2.46. The molecule has 0 fully saturated rings. The molecule has 2 atom stereocenters. The summed E-state index contributed by atoms with van der Waals surface area (Å²) >= 11 is 0. The minimum absolute atomic E-state index is 0.0642. The van der Waals surface area contributed by atoms with Gasteiger partial charge in [0.1, 0.15) is 5.75 Å². The van der Waals surface area contributed by atoms with Crippen LogP contribution in [0.3, 0.4) is 0 Å². The molecule has 23 heavy (non-hydrogen) atoms. The number of benzene rings is 1. The minimum Gasteiger partial charge on any atom is -0.507 e. The molecule has 4 N–H and O–H groups in total. The predicted octanol–water partition coefficient (Wildman–Crippen LogP) is 0.550. The molecule has 7 nitrogen and oxygen atoms in total. The summed E-state index contributed by atoms with van der Waals surface area (Å²) in [5, 5.41) is 12.1. The van der Waals surface area contributed by atoms with Crippen molar-refractivity contribution in [2.45, 2.75) is 32.7 Å². The number of carbonyl (C=O) groups is 4. The van der Waals surface area contributed by atoms with Gasteiger partial charge in [0.15, 0.2) is 11.6 Å². The van der Waals surface area contributed by atoms with Crippen molar-refractivity contribution >= 4 is 23.4 Å². The van der Waals surface area contributed by atoms with Gasteiger partial charge in [-0.05, 0) is 26.0 Å². The molecule has 0 bridgehead atoms. The van der Waals surface area contributed by atoms with Crippen LogP contribution >= 0.6 is 0 Å². The molecule has 0 aliphatic heterocycles. The van der Waals surface area contributed by atoms with Gasteiger partial charge >= 0.3 is 0 Å². The van der Waals surface area contributed by atoms with Gasteiger partial charge in [0, 0.05) is 12.8 Å². The molecule has 0 spiro atoms. The maximum Gasteiger partial charge on any atom is 0.224 e. The molecular formula is C16H20N2O5. The summed E-state index contributed by atoms with van der Waals surface area (Å²) in [7, 11) is 0. The van der Waals surface area contributed by atoms with E-state index >= 15 is 0 Å². The van der Waals surface area contributed by atoms with E-state index in [1.807, 2.05) is 0 Å². The fourth-order valence-electron chi connectivity index (χ4n) is 1.98. The lowest BCUT2D eigenvalue weighted by molar-refractivity contribution is -0.131. The van der Waals surface area contributed by atoms with E-state index in [9.17, 15) is 24.3 Å². The quantitative estimate of drug-likeness (QED) is 0.603. The number of hydrogen-bond acceptors (Lipinski definition) is 5. The highest BCUT2D eigenvalue weighted by atomic mass is 16.3. The third-order valence-electron chi connectivity index (χ3n) is 3.42. The van der Waals surface area contributed by atoms with Gasteiger partial charge in [0.05, 0.1) is 17.5 Å². The van der Waals surface area contributed by atoms with Crippen molar-refractivity contribution in [1.82, 2.24) is 5.32 Å². The molecule has 0 aromatic heterocycles. The van der Waals surface area contributed by atoms with E-state index in [0.29, 0.717) is 0 Å². The molecule has 7 heteroatoms. The minimum atomic E-state index is -0.999. The molecule has 0 aliphatic rings. The lowest BCUT2D eigenvalue weighted by Gasteiger charge is -2.17. The maximum absolute atomic E-state index is 12.2. The average molecular weight is 320 g/mol. The number of carbonyl (C=O) groups excluding carboxylic acids is 4. The number of aromatic hydroxyl groups is 1. The first-order valence-corrected chi connectivity index (χ1v) is 7.12. The van der Waals surface area contributed by atoms with Crippen molar-refractivity contribution in [2.24, 2.45) is 11.7 Å². The number of Topliss-reactive ketones (excluding diaryl/α,β-unsaturated/α-hetero) is 2.